The number of aryl methyl sites for hydroxylation is 3. The largest absolute Gasteiger partial charge is 0.324 e. The Balaban J connectivity index is 2.29. The topological polar surface area (TPSA) is 26.0 Å². The van der Waals surface area contributed by atoms with E-state index >= 15 is 0 Å². The van der Waals surface area contributed by atoms with Crippen LogP contribution in [0.3, 0.4) is 0 Å². The average molecular weight is 274 g/mol. The van der Waals surface area contributed by atoms with Crippen LogP contribution >= 0.6 is 11.6 Å². The van der Waals surface area contributed by atoms with Gasteiger partial charge >= 0.3 is 0 Å². The molecule has 0 saturated heterocycles. The second kappa shape index (κ2) is 5.77. The monoisotopic (exact) mass is 273 g/mol. The molecule has 2 aromatic rings. The van der Waals surface area contributed by atoms with E-state index in [-0.39, 0.29) is 6.04 Å². The minimum Gasteiger partial charge on any atom is -0.324 e. The molecule has 2 N–H and O–H groups in total. The van der Waals surface area contributed by atoms with Crippen LogP contribution in [-0.2, 0) is 6.42 Å². The zero-order valence-electron chi connectivity index (χ0n) is 11.7. The molecule has 0 saturated carbocycles. The third kappa shape index (κ3) is 3.17. The molecule has 0 spiro atoms. The van der Waals surface area contributed by atoms with Gasteiger partial charge in [-0.3, -0.25) is 0 Å². The fourth-order valence-corrected chi connectivity index (χ4v) is 2.91. The molecule has 2 aromatic carbocycles. The van der Waals surface area contributed by atoms with Crippen LogP contribution in [0.25, 0.3) is 0 Å². The summed E-state index contributed by atoms with van der Waals surface area (Å²) in [4.78, 5) is 0. The Bertz CT molecular complexity index is 567. The fourth-order valence-electron chi connectivity index (χ4n) is 2.64. The molecule has 1 nitrogen and oxygen atoms in total. The van der Waals surface area contributed by atoms with Gasteiger partial charge in [0.2, 0.25) is 0 Å². The molecule has 0 heterocycles. The molecule has 0 bridgehead atoms. The number of rotatable bonds is 3. The van der Waals surface area contributed by atoms with Crippen molar-refractivity contribution in [2.45, 2.75) is 33.2 Å². The van der Waals surface area contributed by atoms with E-state index in [0.717, 1.165) is 17.0 Å². The number of hydrogen-bond acceptors (Lipinski definition) is 1. The lowest BCUT2D eigenvalue weighted by molar-refractivity contribution is 0.715. The minimum absolute atomic E-state index is 0.0613. The van der Waals surface area contributed by atoms with E-state index in [1.807, 2.05) is 24.3 Å². The SMILES string of the molecule is Cc1cc(C)c(CC(N)c2ccccc2Cl)c(C)c1. The van der Waals surface area contributed by atoms with Crippen molar-refractivity contribution >= 4 is 11.6 Å². The Morgan fingerprint density at radius 2 is 1.63 bits per heavy atom. The Labute approximate surface area is 120 Å². The van der Waals surface area contributed by atoms with Crippen LogP contribution in [-0.4, -0.2) is 0 Å². The molecule has 0 amide bonds. The van der Waals surface area contributed by atoms with Gasteiger partial charge in [-0.05, 0) is 55.5 Å². The van der Waals surface area contributed by atoms with Gasteiger partial charge < -0.3 is 5.73 Å². The number of nitrogens with two attached hydrogens (primary N) is 1. The lowest BCUT2D eigenvalue weighted by Crippen LogP contribution is -2.15. The highest BCUT2D eigenvalue weighted by molar-refractivity contribution is 6.31. The highest BCUT2D eigenvalue weighted by atomic mass is 35.5. The van der Waals surface area contributed by atoms with Gasteiger partial charge in [0.25, 0.3) is 0 Å². The summed E-state index contributed by atoms with van der Waals surface area (Å²) < 4.78 is 0. The van der Waals surface area contributed by atoms with Crippen LogP contribution in [0.15, 0.2) is 36.4 Å². The van der Waals surface area contributed by atoms with Crippen molar-refractivity contribution in [3.05, 3.63) is 69.2 Å². The van der Waals surface area contributed by atoms with Gasteiger partial charge in [0.1, 0.15) is 0 Å². The minimum atomic E-state index is -0.0613. The van der Waals surface area contributed by atoms with Crippen molar-refractivity contribution < 1.29 is 0 Å². The van der Waals surface area contributed by atoms with E-state index in [4.69, 9.17) is 17.3 Å². The van der Waals surface area contributed by atoms with Gasteiger partial charge in [-0.1, -0.05) is 47.5 Å². The number of hydrogen-bond donors (Lipinski definition) is 1. The highest BCUT2D eigenvalue weighted by Crippen LogP contribution is 2.26. The Kier molecular flexibility index (Phi) is 4.28. The summed E-state index contributed by atoms with van der Waals surface area (Å²) in [5.41, 5.74) is 12.6. The predicted molar refractivity (Wildman–Crippen MR) is 82.7 cm³/mol. The van der Waals surface area contributed by atoms with Gasteiger partial charge in [-0.15, -0.1) is 0 Å². The predicted octanol–water partition coefficient (Wildman–Crippen LogP) is 4.51. The average Bonchev–Trinajstić information content (AvgIpc) is 2.34. The first-order valence-electron chi connectivity index (χ1n) is 6.55. The van der Waals surface area contributed by atoms with E-state index in [1.54, 1.807) is 0 Å². The number of benzene rings is 2. The van der Waals surface area contributed by atoms with Crippen molar-refractivity contribution in [1.29, 1.82) is 0 Å². The third-order valence-electron chi connectivity index (χ3n) is 3.57. The maximum absolute atomic E-state index is 6.32. The summed E-state index contributed by atoms with van der Waals surface area (Å²) in [6, 6.07) is 12.2. The molecule has 0 radical (unpaired) electrons. The maximum atomic E-state index is 6.32. The first-order chi connectivity index (χ1) is 8.99. The van der Waals surface area contributed by atoms with Crippen molar-refractivity contribution in [2.24, 2.45) is 5.73 Å². The first kappa shape index (κ1) is 14.1. The molecule has 1 unspecified atom stereocenters. The van der Waals surface area contributed by atoms with E-state index in [0.29, 0.717) is 0 Å². The van der Waals surface area contributed by atoms with Gasteiger partial charge in [0, 0.05) is 11.1 Å². The molecule has 19 heavy (non-hydrogen) atoms. The second-order valence-corrected chi connectivity index (χ2v) is 5.62. The van der Waals surface area contributed by atoms with E-state index in [9.17, 15) is 0 Å². The molecular formula is C17H20ClN. The Hall–Kier alpha value is -1.31. The van der Waals surface area contributed by atoms with Gasteiger partial charge in [0.05, 0.1) is 0 Å². The lowest BCUT2D eigenvalue weighted by atomic mass is 9.92. The summed E-state index contributed by atoms with van der Waals surface area (Å²) in [5, 5.41) is 0.748. The summed E-state index contributed by atoms with van der Waals surface area (Å²) in [6.45, 7) is 6.42. The molecule has 0 aromatic heterocycles. The third-order valence-corrected chi connectivity index (χ3v) is 3.91. The molecule has 2 rings (SSSR count). The van der Waals surface area contributed by atoms with Crippen LogP contribution < -0.4 is 5.73 Å². The Morgan fingerprint density at radius 1 is 1.05 bits per heavy atom. The van der Waals surface area contributed by atoms with Crippen LogP contribution in [0.2, 0.25) is 5.02 Å². The molecule has 1 atom stereocenters. The van der Waals surface area contributed by atoms with Gasteiger partial charge in [-0.25, -0.2) is 0 Å². The molecule has 2 heteroatoms. The quantitative estimate of drug-likeness (QED) is 0.875. The van der Waals surface area contributed by atoms with E-state index in [1.165, 1.54) is 22.3 Å². The zero-order valence-corrected chi connectivity index (χ0v) is 12.5. The molecule has 0 aliphatic rings. The summed E-state index contributed by atoms with van der Waals surface area (Å²) in [5.74, 6) is 0. The standard InChI is InChI=1S/C17H20ClN/c1-11-8-12(2)15(13(3)9-11)10-17(19)14-6-4-5-7-16(14)18/h4-9,17H,10,19H2,1-3H3. The molecule has 100 valence electrons. The molecule has 0 aliphatic heterocycles. The second-order valence-electron chi connectivity index (χ2n) is 5.21. The molecule has 0 fully saturated rings. The van der Waals surface area contributed by atoms with Crippen molar-refractivity contribution in [3.8, 4) is 0 Å². The summed E-state index contributed by atoms with van der Waals surface area (Å²) >= 11 is 6.21. The van der Waals surface area contributed by atoms with Gasteiger partial charge in [-0.2, -0.15) is 0 Å². The smallest absolute Gasteiger partial charge is 0.0453 e. The summed E-state index contributed by atoms with van der Waals surface area (Å²) in [6.07, 6.45) is 0.821. The van der Waals surface area contributed by atoms with E-state index in [2.05, 4.69) is 32.9 Å². The lowest BCUT2D eigenvalue weighted by Gasteiger charge is -2.17. The van der Waals surface area contributed by atoms with Crippen molar-refractivity contribution in [1.82, 2.24) is 0 Å². The van der Waals surface area contributed by atoms with Crippen LogP contribution in [0, 0.1) is 20.8 Å². The fraction of sp³-hybridized carbons (Fsp3) is 0.294. The Morgan fingerprint density at radius 3 is 2.21 bits per heavy atom. The van der Waals surface area contributed by atoms with Crippen LogP contribution in [0.4, 0.5) is 0 Å². The zero-order chi connectivity index (χ0) is 14.0. The van der Waals surface area contributed by atoms with Crippen molar-refractivity contribution in [3.63, 3.8) is 0 Å². The highest BCUT2D eigenvalue weighted by Gasteiger charge is 2.13. The summed E-state index contributed by atoms with van der Waals surface area (Å²) in [7, 11) is 0. The molecule has 0 aliphatic carbocycles. The van der Waals surface area contributed by atoms with E-state index < -0.39 is 0 Å². The molecular weight excluding hydrogens is 254 g/mol. The van der Waals surface area contributed by atoms with Gasteiger partial charge in [0.15, 0.2) is 0 Å². The number of halogens is 1. The van der Waals surface area contributed by atoms with Crippen LogP contribution in [0.1, 0.15) is 33.9 Å². The maximum Gasteiger partial charge on any atom is 0.0453 e. The normalized spacial score (nSPS) is 12.5. The van der Waals surface area contributed by atoms with Crippen molar-refractivity contribution in [2.75, 3.05) is 0 Å². The first-order valence-corrected chi connectivity index (χ1v) is 6.93. The van der Waals surface area contributed by atoms with Crippen LogP contribution in [0.5, 0.6) is 0 Å².